The summed E-state index contributed by atoms with van der Waals surface area (Å²) in [7, 11) is 0. The molecular formula is C13H18N2O. The van der Waals surface area contributed by atoms with Gasteiger partial charge >= 0.3 is 0 Å². The second-order valence-corrected chi connectivity index (χ2v) is 5.07. The molecule has 86 valence electrons. The molecule has 3 nitrogen and oxygen atoms in total. The van der Waals surface area contributed by atoms with Crippen LogP contribution in [0.3, 0.4) is 0 Å². The van der Waals surface area contributed by atoms with Crippen molar-refractivity contribution in [1.82, 2.24) is 4.98 Å². The molecule has 2 unspecified atom stereocenters. The zero-order valence-corrected chi connectivity index (χ0v) is 9.63. The third-order valence-corrected chi connectivity index (χ3v) is 3.89. The Balaban J connectivity index is 1.91. The van der Waals surface area contributed by atoms with E-state index in [1.807, 2.05) is 13.1 Å². The monoisotopic (exact) mass is 218 g/mol. The quantitative estimate of drug-likeness (QED) is 0.782. The number of anilines is 1. The van der Waals surface area contributed by atoms with Crippen molar-refractivity contribution < 1.29 is 5.11 Å². The molecule has 3 rings (SSSR count). The molecule has 2 bridgehead atoms. The molecule has 1 N–H and O–H groups in total. The fourth-order valence-corrected chi connectivity index (χ4v) is 3.26. The van der Waals surface area contributed by atoms with E-state index in [2.05, 4.69) is 22.0 Å². The van der Waals surface area contributed by atoms with E-state index in [1.54, 1.807) is 0 Å². The zero-order chi connectivity index (χ0) is 11.1. The van der Waals surface area contributed by atoms with Gasteiger partial charge in [0.15, 0.2) is 0 Å². The van der Waals surface area contributed by atoms with Crippen LogP contribution < -0.4 is 4.90 Å². The van der Waals surface area contributed by atoms with E-state index < -0.39 is 0 Å². The lowest BCUT2D eigenvalue weighted by Gasteiger charge is -2.39. The molecular weight excluding hydrogens is 200 g/mol. The standard InChI is InChI=1S/C13H18N2O/c1-9-6-12(4-5-14-9)15-10-2-3-11(15)8-13(16)7-10/h4-6,10-11,13,16H,2-3,7-8H2,1H3. The van der Waals surface area contributed by atoms with E-state index in [-0.39, 0.29) is 6.10 Å². The SMILES string of the molecule is Cc1cc(N2C3CCC2CC(O)C3)ccn1. The van der Waals surface area contributed by atoms with Crippen molar-refractivity contribution in [2.75, 3.05) is 4.90 Å². The molecule has 16 heavy (non-hydrogen) atoms. The molecule has 0 radical (unpaired) electrons. The van der Waals surface area contributed by atoms with Crippen LogP contribution in [0, 0.1) is 6.92 Å². The third-order valence-electron chi connectivity index (χ3n) is 3.89. The van der Waals surface area contributed by atoms with Crippen LogP contribution in [0.5, 0.6) is 0 Å². The van der Waals surface area contributed by atoms with E-state index in [0.717, 1.165) is 18.5 Å². The van der Waals surface area contributed by atoms with Crippen molar-refractivity contribution in [3.63, 3.8) is 0 Å². The molecule has 0 spiro atoms. The molecule has 2 saturated heterocycles. The number of fused-ring (bicyclic) bond motifs is 2. The van der Waals surface area contributed by atoms with Crippen LogP contribution in [-0.2, 0) is 0 Å². The fraction of sp³-hybridized carbons (Fsp3) is 0.615. The maximum atomic E-state index is 9.77. The third kappa shape index (κ3) is 1.59. The van der Waals surface area contributed by atoms with Crippen LogP contribution in [0.2, 0.25) is 0 Å². The molecule has 1 aromatic rings. The Morgan fingerprint density at radius 3 is 2.62 bits per heavy atom. The van der Waals surface area contributed by atoms with Gasteiger partial charge in [-0.25, -0.2) is 0 Å². The summed E-state index contributed by atoms with van der Waals surface area (Å²) in [6.07, 6.45) is 6.11. The average Bonchev–Trinajstić information content (AvgIpc) is 2.51. The molecule has 0 saturated carbocycles. The Hall–Kier alpha value is -1.09. The van der Waals surface area contributed by atoms with Gasteiger partial charge in [-0.05, 0) is 44.7 Å². The van der Waals surface area contributed by atoms with Gasteiger partial charge in [-0.15, -0.1) is 0 Å². The highest BCUT2D eigenvalue weighted by Gasteiger charge is 2.40. The van der Waals surface area contributed by atoms with Crippen molar-refractivity contribution in [3.05, 3.63) is 24.0 Å². The van der Waals surface area contributed by atoms with Gasteiger partial charge in [0.2, 0.25) is 0 Å². The van der Waals surface area contributed by atoms with Gasteiger partial charge in [0.25, 0.3) is 0 Å². The molecule has 3 heterocycles. The molecule has 2 aliphatic rings. The molecule has 1 aromatic heterocycles. The summed E-state index contributed by atoms with van der Waals surface area (Å²) in [5.41, 5.74) is 2.36. The molecule has 0 aromatic carbocycles. The van der Waals surface area contributed by atoms with Gasteiger partial charge in [-0.3, -0.25) is 4.98 Å². The van der Waals surface area contributed by atoms with Gasteiger partial charge in [-0.1, -0.05) is 0 Å². The minimum Gasteiger partial charge on any atom is -0.393 e. The zero-order valence-electron chi connectivity index (χ0n) is 9.63. The predicted octanol–water partition coefficient (Wildman–Crippen LogP) is 1.88. The molecule has 0 amide bonds. The summed E-state index contributed by atoms with van der Waals surface area (Å²) in [6, 6.07) is 5.32. The summed E-state index contributed by atoms with van der Waals surface area (Å²) < 4.78 is 0. The number of rotatable bonds is 1. The van der Waals surface area contributed by atoms with Gasteiger partial charge in [0.05, 0.1) is 6.10 Å². The normalized spacial score (nSPS) is 33.1. The van der Waals surface area contributed by atoms with Crippen LogP contribution in [0.15, 0.2) is 18.3 Å². The van der Waals surface area contributed by atoms with Crippen LogP contribution in [0.25, 0.3) is 0 Å². The van der Waals surface area contributed by atoms with Crippen molar-refractivity contribution >= 4 is 5.69 Å². The highest BCUT2D eigenvalue weighted by molar-refractivity contribution is 5.50. The molecule has 0 aliphatic carbocycles. The Kier molecular flexibility index (Phi) is 2.36. The van der Waals surface area contributed by atoms with Crippen LogP contribution in [-0.4, -0.2) is 28.3 Å². The van der Waals surface area contributed by atoms with E-state index in [0.29, 0.717) is 12.1 Å². The first-order valence-corrected chi connectivity index (χ1v) is 6.13. The summed E-state index contributed by atoms with van der Waals surface area (Å²) >= 11 is 0. The lowest BCUT2D eigenvalue weighted by molar-refractivity contribution is 0.126. The van der Waals surface area contributed by atoms with Crippen LogP contribution in [0.1, 0.15) is 31.4 Å². The Morgan fingerprint density at radius 1 is 1.31 bits per heavy atom. The smallest absolute Gasteiger partial charge is 0.0579 e. The molecule has 2 atom stereocenters. The number of pyridine rings is 1. The number of hydrogen-bond acceptors (Lipinski definition) is 3. The first kappa shape index (κ1) is 10.1. The van der Waals surface area contributed by atoms with E-state index >= 15 is 0 Å². The van der Waals surface area contributed by atoms with E-state index in [1.165, 1.54) is 18.5 Å². The highest BCUT2D eigenvalue weighted by atomic mass is 16.3. The van der Waals surface area contributed by atoms with Gasteiger partial charge in [0.1, 0.15) is 0 Å². The number of aliphatic hydroxyl groups is 1. The first-order valence-electron chi connectivity index (χ1n) is 6.13. The van der Waals surface area contributed by atoms with E-state index in [4.69, 9.17) is 0 Å². The van der Waals surface area contributed by atoms with E-state index in [9.17, 15) is 5.11 Å². The maximum Gasteiger partial charge on any atom is 0.0579 e. The topological polar surface area (TPSA) is 36.4 Å². The number of aromatic nitrogens is 1. The van der Waals surface area contributed by atoms with Crippen molar-refractivity contribution in [1.29, 1.82) is 0 Å². The largest absolute Gasteiger partial charge is 0.393 e. The predicted molar refractivity (Wildman–Crippen MR) is 63.5 cm³/mol. The second-order valence-electron chi connectivity index (χ2n) is 5.07. The van der Waals surface area contributed by atoms with Gasteiger partial charge in [0, 0.05) is 29.7 Å². The van der Waals surface area contributed by atoms with Gasteiger partial charge in [-0.2, -0.15) is 0 Å². The van der Waals surface area contributed by atoms with Crippen molar-refractivity contribution in [2.45, 2.75) is 50.8 Å². The number of aliphatic hydroxyl groups excluding tert-OH is 1. The lowest BCUT2D eigenvalue weighted by Crippen LogP contribution is -2.44. The highest BCUT2D eigenvalue weighted by Crippen LogP contribution is 2.39. The number of piperidine rings is 1. The maximum absolute atomic E-state index is 9.77. The van der Waals surface area contributed by atoms with Gasteiger partial charge < -0.3 is 10.0 Å². The van der Waals surface area contributed by atoms with Crippen LogP contribution in [0.4, 0.5) is 5.69 Å². The number of hydrogen-bond donors (Lipinski definition) is 1. The molecule has 3 heteroatoms. The number of aryl methyl sites for hydroxylation is 1. The Labute approximate surface area is 96.1 Å². The summed E-state index contributed by atoms with van der Waals surface area (Å²) in [6.45, 7) is 2.03. The Bertz CT molecular complexity index is 379. The van der Waals surface area contributed by atoms with Crippen molar-refractivity contribution in [2.24, 2.45) is 0 Å². The lowest BCUT2D eigenvalue weighted by atomic mass is 9.99. The minimum absolute atomic E-state index is 0.0864. The summed E-state index contributed by atoms with van der Waals surface area (Å²) in [4.78, 5) is 6.75. The second kappa shape index (κ2) is 3.74. The average molecular weight is 218 g/mol. The van der Waals surface area contributed by atoms with Crippen molar-refractivity contribution in [3.8, 4) is 0 Å². The summed E-state index contributed by atoms with van der Waals surface area (Å²) in [5, 5.41) is 9.77. The molecule has 2 fully saturated rings. The first-order chi connectivity index (χ1) is 7.74. The number of nitrogens with zero attached hydrogens (tertiary/aromatic N) is 2. The minimum atomic E-state index is -0.0864. The van der Waals surface area contributed by atoms with Crippen LogP contribution >= 0.6 is 0 Å². The molecule has 2 aliphatic heterocycles. The fourth-order valence-electron chi connectivity index (χ4n) is 3.26. The Morgan fingerprint density at radius 2 is 2.00 bits per heavy atom. The summed E-state index contributed by atoms with van der Waals surface area (Å²) in [5.74, 6) is 0.